The first-order chi connectivity index (χ1) is 7.53. The molecule has 1 aliphatic rings. The summed E-state index contributed by atoms with van der Waals surface area (Å²) in [6.07, 6.45) is 8.04. The molecular formula is C13H28N2O. The standard InChI is InChI=1S/C13H28N2O/c1-13(2,3)16-10-12(15-14)11-8-6-4-5-7-9-11/h11-12,15H,4-10,14H2,1-3H3. The third-order valence-corrected chi connectivity index (χ3v) is 3.38. The highest BCUT2D eigenvalue weighted by Gasteiger charge is 2.23. The van der Waals surface area contributed by atoms with E-state index in [4.69, 9.17) is 10.6 Å². The summed E-state index contributed by atoms with van der Waals surface area (Å²) in [6.45, 7) is 7.00. The van der Waals surface area contributed by atoms with Gasteiger partial charge in [0.25, 0.3) is 0 Å². The van der Waals surface area contributed by atoms with E-state index in [1.54, 1.807) is 0 Å². The minimum atomic E-state index is -0.0696. The molecule has 0 aliphatic heterocycles. The predicted molar refractivity (Wildman–Crippen MR) is 68.0 cm³/mol. The van der Waals surface area contributed by atoms with Gasteiger partial charge in [-0.15, -0.1) is 0 Å². The molecule has 1 unspecified atom stereocenters. The molecule has 3 heteroatoms. The summed E-state index contributed by atoms with van der Waals surface area (Å²) in [5.74, 6) is 6.34. The predicted octanol–water partition coefficient (Wildman–Crippen LogP) is 2.60. The summed E-state index contributed by atoms with van der Waals surface area (Å²) in [7, 11) is 0. The van der Waals surface area contributed by atoms with Crippen molar-refractivity contribution in [2.75, 3.05) is 6.61 Å². The van der Waals surface area contributed by atoms with Crippen molar-refractivity contribution >= 4 is 0 Å². The summed E-state index contributed by atoms with van der Waals surface area (Å²) < 4.78 is 5.83. The molecule has 0 bridgehead atoms. The first kappa shape index (κ1) is 13.9. The maximum atomic E-state index is 5.83. The van der Waals surface area contributed by atoms with Crippen LogP contribution in [0.4, 0.5) is 0 Å². The van der Waals surface area contributed by atoms with Crippen LogP contribution in [0.2, 0.25) is 0 Å². The van der Waals surface area contributed by atoms with E-state index in [2.05, 4.69) is 26.2 Å². The normalized spacial score (nSPS) is 21.8. The highest BCUT2D eigenvalue weighted by atomic mass is 16.5. The van der Waals surface area contributed by atoms with Gasteiger partial charge < -0.3 is 4.74 Å². The lowest BCUT2D eigenvalue weighted by molar-refractivity contribution is -0.0232. The van der Waals surface area contributed by atoms with Gasteiger partial charge >= 0.3 is 0 Å². The molecule has 0 spiro atoms. The van der Waals surface area contributed by atoms with Crippen LogP contribution < -0.4 is 11.3 Å². The molecule has 1 fully saturated rings. The zero-order valence-electron chi connectivity index (χ0n) is 11.1. The fourth-order valence-electron chi connectivity index (χ4n) is 2.37. The van der Waals surface area contributed by atoms with Gasteiger partial charge in [-0.05, 0) is 39.5 Å². The molecule has 0 aromatic carbocycles. The molecule has 16 heavy (non-hydrogen) atoms. The molecule has 1 aliphatic carbocycles. The van der Waals surface area contributed by atoms with Crippen molar-refractivity contribution in [1.29, 1.82) is 0 Å². The van der Waals surface area contributed by atoms with Crippen molar-refractivity contribution in [3.8, 4) is 0 Å². The van der Waals surface area contributed by atoms with Gasteiger partial charge in [-0.2, -0.15) is 0 Å². The fraction of sp³-hybridized carbons (Fsp3) is 1.00. The number of rotatable bonds is 4. The summed E-state index contributed by atoms with van der Waals surface area (Å²) in [5.41, 5.74) is 2.88. The highest BCUT2D eigenvalue weighted by Crippen LogP contribution is 2.26. The van der Waals surface area contributed by atoms with E-state index in [1.807, 2.05) is 0 Å². The third kappa shape index (κ3) is 5.28. The van der Waals surface area contributed by atoms with Crippen LogP contribution >= 0.6 is 0 Å². The van der Waals surface area contributed by atoms with E-state index in [-0.39, 0.29) is 5.60 Å². The van der Waals surface area contributed by atoms with Crippen LogP contribution in [-0.2, 0) is 4.74 Å². The Morgan fingerprint density at radius 1 is 1.19 bits per heavy atom. The number of hydrogen-bond donors (Lipinski definition) is 2. The number of ether oxygens (including phenoxy) is 1. The minimum absolute atomic E-state index is 0.0696. The Hall–Kier alpha value is -0.120. The lowest BCUT2D eigenvalue weighted by Gasteiger charge is -2.29. The fourth-order valence-corrected chi connectivity index (χ4v) is 2.37. The quantitative estimate of drug-likeness (QED) is 0.442. The molecule has 1 rings (SSSR count). The van der Waals surface area contributed by atoms with Gasteiger partial charge in [0.1, 0.15) is 0 Å². The van der Waals surface area contributed by atoms with Crippen LogP contribution in [0.15, 0.2) is 0 Å². The zero-order valence-corrected chi connectivity index (χ0v) is 11.1. The van der Waals surface area contributed by atoms with Gasteiger partial charge in [0.05, 0.1) is 12.2 Å². The lowest BCUT2D eigenvalue weighted by Crippen LogP contribution is -2.45. The molecule has 0 amide bonds. The van der Waals surface area contributed by atoms with Crippen LogP contribution in [0.1, 0.15) is 59.3 Å². The van der Waals surface area contributed by atoms with Crippen molar-refractivity contribution in [1.82, 2.24) is 5.43 Å². The van der Waals surface area contributed by atoms with Crippen LogP contribution in [0.3, 0.4) is 0 Å². The summed E-state index contributed by atoms with van der Waals surface area (Å²) in [5, 5.41) is 0. The Morgan fingerprint density at radius 2 is 1.75 bits per heavy atom. The molecule has 0 aromatic rings. The Morgan fingerprint density at radius 3 is 2.19 bits per heavy atom. The van der Waals surface area contributed by atoms with Crippen LogP contribution in [-0.4, -0.2) is 18.2 Å². The van der Waals surface area contributed by atoms with E-state index in [0.717, 1.165) is 6.61 Å². The van der Waals surface area contributed by atoms with Crippen LogP contribution in [0.5, 0.6) is 0 Å². The molecule has 1 atom stereocenters. The molecule has 1 saturated carbocycles. The molecule has 0 aromatic heterocycles. The van der Waals surface area contributed by atoms with E-state index in [1.165, 1.54) is 38.5 Å². The van der Waals surface area contributed by atoms with Crippen LogP contribution in [0, 0.1) is 5.92 Å². The zero-order chi connectivity index (χ0) is 12.0. The van der Waals surface area contributed by atoms with Crippen molar-refractivity contribution in [2.45, 2.75) is 70.9 Å². The van der Waals surface area contributed by atoms with Gasteiger partial charge in [-0.1, -0.05) is 25.7 Å². The van der Waals surface area contributed by atoms with E-state index >= 15 is 0 Å². The second-order valence-electron chi connectivity index (χ2n) is 5.95. The minimum Gasteiger partial charge on any atom is -0.374 e. The molecule has 3 nitrogen and oxygen atoms in total. The number of nitrogens with one attached hydrogen (secondary N) is 1. The van der Waals surface area contributed by atoms with Gasteiger partial charge in [0.2, 0.25) is 0 Å². The Bertz CT molecular complexity index is 181. The van der Waals surface area contributed by atoms with E-state index < -0.39 is 0 Å². The molecule has 3 N–H and O–H groups in total. The Labute approximate surface area is 100 Å². The monoisotopic (exact) mass is 228 g/mol. The first-order valence-electron chi connectivity index (χ1n) is 6.63. The largest absolute Gasteiger partial charge is 0.374 e. The van der Waals surface area contributed by atoms with Gasteiger partial charge in [-0.25, -0.2) is 0 Å². The molecule has 96 valence electrons. The second kappa shape index (κ2) is 6.58. The third-order valence-electron chi connectivity index (χ3n) is 3.38. The van der Waals surface area contributed by atoms with E-state index in [0.29, 0.717) is 12.0 Å². The Balaban J connectivity index is 2.39. The highest BCUT2D eigenvalue weighted by molar-refractivity contribution is 4.77. The SMILES string of the molecule is CC(C)(C)OCC(NN)C1CCCCCC1. The smallest absolute Gasteiger partial charge is 0.0642 e. The topological polar surface area (TPSA) is 47.3 Å². The molecule has 0 heterocycles. The van der Waals surface area contributed by atoms with Gasteiger partial charge in [-0.3, -0.25) is 11.3 Å². The molecule has 0 saturated heterocycles. The van der Waals surface area contributed by atoms with Crippen LogP contribution in [0.25, 0.3) is 0 Å². The molecular weight excluding hydrogens is 200 g/mol. The van der Waals surface area contributed by atoms with Crippen molar-refractivity contribution in [3.63, 3.8) is 0 Å². The average Bonchev–Trinajstić information content (AvgIpc) is 2.46. The lowest BCUT2D eigenvalue weighted by atomic mass is 9.92. The number of nitrogens with two attached hydrogens (primary N) is 1. The van der Waals surface area contributed by atoms with Crippen molar-refractivity contribution in [2.24, 2.45) is 11.8 Å². The Kier molecular flexibility index (Phi) is 5.73. The maximum Gasteiger partial charge on any atom is 0.0642 e. The summed E-state index contributed by atoms with van der Waals surface area (Å²) >= 11 is 0. The van der Waals surface area contributed by atoms with Crippen molar-refractivity contribution < 1.29 is 4.74 Å². The average molecular weight is 228 g/mol. The first-order valence-corrected chi connectivity index (χ1v) is 6.63. The van der Waals surface area contributed by atoms with Crippen molar-refractivity contribution in [3.05, 3.63) is 0 Å². The summed E-state index contributed by atoms with van der Waals surface area (Å²) in [6, 6.07) is 0.317. The second-order valence-corrected chi connectivity index (χ2v) is 5.95. The maximum absolute atomic E-state index is 5.83. The number of hydrazine groups is 1. The summed E-state index contributed by atoms with van der Waals surface area (Å²) in [4.78, 5) is 0. The van der Waals surface area contributed by atoms with Gasteiger partial charge in [0.15, 0.2) is 0 Å². The molecule has 0 radical (unpaired) electrons. The number of hydrogen-bond acceptors (Lipinski definition) is 3. The van der Waals surface area contributed by atoms with Gasteiger partial charge in [0, 0.05) is 6.04 Å². The van der Waals surface area contributed by atoms with E-state index in [9.17, 15) is 0 Å².